The number of carboxylic acids is 1. The number of hydrogen-bond acceptors (Lipinski definition) is 3. The van der Waals surface area contributed by atoms with E-state index >= 15 is 0 Å². The molecule has 5 heteroatoms. The number of carboxylic acid groups (broad SMARTS) is 1. The SMILES string of the molecule is O=C(O)[C@@H](c1ccccc1)N1CCN(c2ccccc2F)CC1. The second-order valence-corrected chi connectivity index (χ2v) is 5.63. The third-order valence-electron chi connectivity index (χ3n) is 4.22. The molecule has 1 aliphatic rings. The number of piperazine rings is 1. The van der Waals surface area contributed by atoms with Crippen molar-refractivity contribution in [2.75, 3.05) is 31.1 Å². The first kappa shape index (κ1) is 15.5. The molecule has 120 valence electrons. The first-order valence-corrected chi connectivity index (χ1v) is 7.68. The Balaban J connectivity index is 1.72. The Morgan fingerprint density at radius 1 is 0.957 bits per heavy atom. The van der Waals surface area contributed by atoms with Gasteiger partial charge in [-0.05, 0) is 17.7 Å². The van der Waals surface area contributed by atoms with Crippen LogP contribution in [0, 0.1) is 5.82 Å². The van der Waals surface area contributed by atoms with Gasteiger partial charge in [0.1, 0.15) is 11.9 Å². The molecule has 2 aromatic rings. The monoisotopic (exact) mass is 314 g/mol. The molecule has 1 atom stereocenters. The molecular formula is C18H19FN2O2. The van der Waals surface area contributed by atoms with Gasteiger partial charge >= 0.3 is 5.97 Å². The number of hydrogen-bond donors (Lipinski definition) is 1. The van der Waals surface area contributed by atoms with Gasteiger partial charge in [-0.1, -0.05) is 42.5 Å². The molecule has 0 spiro atoms. The lowest BCUT2D eigenvalue weighted by atomic mass is 10.0. The second kappa shape index (κ2) is 6.79. The van der Waals surface area contributed by atoms with Crippen LogP contribution in [-0.4, -0.2) is 42.2 Å². The van der Waals surface area contributed by atoms with Crippen molar-refractivity contribution in [1.82, 2.24) is 4.90 Å². The van der Waals surface area contributed by atoms with Gasteiger partial charge in [-0.3, -0.25) is 9.69 Å². The van der Waals surface area contributed by atoms with E-state index in [1.807, 2.05) is 46.2 Å². The van der Waals surface area contributed by atoms with Crippen LogP contribution in [0.5, 0.6) is 0 Å². The van der Waals surface area contributed by atoms with Gasteiger partial charge in [-0.25, -0.2) is 4.39 Å². The number of para-hydroxylation sites is 1. The van der Waals surface area contributed by atoms with Crippen LogP contribution in [0.4, 0.5) is 10.1 Å². The van der Waals surface area contributed by atoms with Gasteiger partial charge in [0.25, 0.3) is 0 Å². The molecule has 2 aromatic carbocycles. The highest BCUT2D eigenvalue weighted by molar-refractivity contribution is 5.75. The van der Waals surface area contributed by atoms with Crippen LogP contribution in [0.15, 0.2) is 54.6 Å². The first-order valence-electron chi connectivity index (χ1n) is 7.68. The number of anilines is 1. The third kappa shape index (κ3) is 3.35. The Labute approximate surface area is 134 Å². The summed E-state index contributed by atoms with van der Waals surface area (Å²) >= 11 is 0. The number of halogens is 1. The molecule has 0 saturated carbocycles. The maximum Gasteiger partial charge on any atom is 0.325 e. The topological polar surface area (TPSA) is 43.8 Å². The minimum absolute atomic E-state index is 0.237. The summed E-state index contributed by atoms with van der Waals surface area (Å²) < 4.78 is 13.9. The lowest BCUT2D eigenvalue weighted by Gasteiger charge is -2.39. The van der Waals surface area contributed by atoms with Gasteiger partial charge in [0.2, 0.25) is 0 Å². The Bertz CT molecular complexity index is 670. The van der Waals surface area contributed by atoms with E-state index in [-0.39, 0.29) is 5.82 Å². The quantitative estimate of drug-likeness (QED) is 0.942. The highest BCUT2D eigenvalue weighted by Gasteiger charge is 2.30. The first-order chi connectivity index (χ1) is 11.2. The molecule has 4 nitrogen and oxygen atoms in total. The zero-order chi connectivity index (χ0) is 16.2. The van der Waals surface area contributed by atoms with Crippen molar-refractivity contribution in [3.8, 4) is 0 Å². The van der Waals surface area contributed by atoms with Gasteiger partial charge in [0.15, 0.2) is 0 Å². The van der Waals surface area contributed by atoms with Crippen LogP contribution < -0.4 is 4.90 Å². The van der Waals surface area contributed by atoms with E-state index in [2.05, 4.69) is 0 Å². The van der Waals surface area contributed by atoms with Gasteiger partial charge in [0.05, 0.1) is 5.69 Å². The molecule has 0 radical (unpaired) electrons. The molecule has 0 amide bonds. The number of rotatable bonds is 4. The fraction of sp³-hybridized carbons (Fsp3) is 0.278. The van der Waals surface area contributed by atoms with Crippen LogP contribution >= 0.6 is 0 Å². The molecule has 3 rings (SSSR count). The molecule has 0 unspecified atom stereocenters. The fourth-order valence-corrected chi connectivity index (χ4v) is 3.07. The van der Waals surface area contributed by atoms with Crippen LogP contribution in [0.3, 0.4) is 0 Å². The smallest absolute Gasteiger partial charge is 0.325 e. The molecule has 23 heavy (non-hydrogen) atoms. The standard InChI is InChI=1S/C18H19FN2O2/c19-15-8-4-5-9-16(15)20-10-12-21(13-11-20)17(18(22)23)14-6-2-1-3-7-14/h1-9,17H,10-13H2,(H,22,23)/t17-/m1/s1. The third-order valence-corrected chi connectivity index (χ3v) is 4.22. The summed E-state index contributed by atoms with van der Waals surface area (Å²) in [5, 5.41) is 9.59. The van der Waals surface area contributed by atoms with Crippen molar-refractivity contribution in [3.63, 3.8) is 0 Å². The summed E-state index contributed by atoms with van der Waals surface area (Å²) in [5.41, 5.74) is 1.36. The minimum Gasteiger partial charge on any atom is -0.480 e. The maximum absolute atomic E-state index is 13.9. The van der Waals surface area contributed by atoms with Crippen molar-refractivity contribution < 1.29 is 14.3 Å². The molecule has 1 aliphatic heterocycles. The largest absolute Gasteiger partial charge is 0.480 e. The van der Waals surface area contributed by atoms with E-state index in [1.165, 1.54) is 6.07 Å². The molecular weight excluding hydrogens is 295 g/mol. The molecule has 1 saturated heterocycles. The molecule has 1 fully saturated rings. The van der Waals surface area contributed by atoms with E-state index in [1.54, 1.807) is 12.1 Å². The van der Waals surface area contributed by atoms with E-state index in [9.17, 15) is 14.3 Å². The lowest BCUT2D eigenvalue weighted by Crippen LogP contribution is -2.49. The molecule has 0 bridgehead atoms. The van der Waals surface area contributed by atoms with E-state index < -0.39 is 12.0 Å². The zero-order valence-electron chi connectivity index (χ0n) is 12.7. The van der Waals surface area contributed by atoms with Crippen LogP contribution in [0.1, 0.15) is 11.6 Å². The molecule has 0 aromatic heterocycles. The van der Waals surface area contributed by atoms with Crippen molar-refractivity contribution in [3.05, 3.63) is 66.0 Å². The molecule has 0 aliphatic carbocycles. The average molecular weight is 314 g/mol. The summed E-state index contributed by atoms with van der Waals surface area (Å²) in [7, 11) is 0. The highest BCUT2D eigenvalue weighted by atomic mass is 19.1. The predicted molar refractivity (Wildman–Crippen MR) is 87.0 cm³/mol. The molecule has 1 N–H and O–H groups in total. The second-order valence-electron chi connectivity index (χ2n) is 5.63. The maximum atomic E-state index is 13.9. The van der Waals surface area contributed by atoms with Crippen molar-refractivity contribution >= 4 is 11.7 Å². The number of benzene rings is 2. The number of carbonyl (C=O) groups is 1. The van der Waals surface area contributed by atoms with Crippen LogP contribution in [0.25, 0.3) is 0 Å². The normalized spacial score (nSPS) is 17.0. The van der Waals surface area contributed by atoms with E-state index in [0.717, 1.165) is 5.56 Å². The van der Waals surface area contributed by atoms with Gasteiger partial charge in [-0.15, -0.1) is 0 Å². The predicted octanol–water partition coefficient (Wildman–Crippen LogP) is 2.77. The average Bonchev–Trinajstić information content (AvgIpc) is 2.57. The van der Waals surface area contributed by atoms with Gasteiger partial charge in [-0.2, -0.15) is 0 Å². The summed E-state index contributed by atoms with van der Waals surface area (Å²) in [6.45, 7) is 2.38. The summed E-state index contributed by atoms with van der Waals surface area (Å²) in [6.07, 6.45) is 0. The number of nitrogens with zero attached hydrogens (tertiary/aromatic N) is 2. The molecule has 1 heterocycles. The number of aliphatic carboxylic acids is 1. The lowest BCUT2D eigenvalue weighted by molar-refractivity contribution is -0.143. The van der Waals surface area contributed by atoms with E-state index in [4.69, 9.17) is 0 Å². The Hall–Kier alpha value is -2.40. The van der Waals surface area contributed by atoms with Gasteiger partial charge in [0, 0.05) is 26.2 Å². The van der Waals surface area contributed by atoms with Crippen LogP contribution in [-0.2, 0) is 4.79 Å². The van der Waals surface area contributed by atoms with Crippen molar-refractivity contribution in [1.29, 1.82) is 0 Å². The zero-order valence-corrected chi connectivity index (χ0v) is 12.7. The van der Waals surface area contributed by atoms with Crippen molar-refractivity contribution in [2.24, 2.45) is 0 Å². The Kier molecular flexibility index (Phi) is 4.57. The highest BCUT2D eigenvalue weighted by Crippen LogP contribution is 2.25. The van der Waals surface area contributed by atoms with Crippen molar-refractivity contribution in [2.45, 2.75) is 6.04 Å². The van der Waals surface area contributed by atoms with Crippen LogP contribution in [0.2, 0.25) is 0 Å². The Morgan fingerprint density at radius 3 is 2.17 bits per heavy atom. The van der Waals surface area contributed by atoms with E-state index in [0.29, 0.717) is 31.9 Å². The Morgan fingerprint density at radius 2 is 1.57 bits per heavy atom. The van der Waals surface area contributed by atoms with Gasteiger partial charge < -0.3 is 10.0 Å². The minimum atomic E-state index is -0.851. The summed E-state index contributed by atoms with van der Waals surface area (Å²) in [6, 6.07) is 15.3. The summed E-state index contributed by atoms with van der Waals surface area (Å²) in [5.74, 6) is -1.09. The summed E-state index contributed by atoms with van der Waals surface area (Å²) in [4.78, 5) is 15.6. The fourth-order valence-electron chi connectivity index (χ4n) is 3.07.